The van der Waals surface area contributed by atoms with E-state index in [4.69, 9.17) is 0 Å². The van der Waals surface area contributed by atoms with E-state index in [1.54, 1.807) is 12.1 Å². The second kappa shape index (κ2) is 8.71. The number of ketones is 1. The second-order valence-corrected chi connectivity index (χ2v) is 8.14. The molecule has 0 aromatic heterocycles. The van der Waals surface area contributed by atoms with Crippen LogP contribution in [0.2, 0.25) is 0 Å². The minimum Gasteiger partial charge on any atom is -0.508 e. The largest absolute Gasteiger partial charge is 0.508 e. The van der Waals surface area contributed by atoms with Gasteiger partial charge in [0.1, 0.15) is 11.5 Å². The van der Waals surface area contributed by atoms with Crippen LogP contribution in [0, 0.1) is 13.8 Å². The van der Waals surface area contributed by atoms with Gasteiger partial charge in [0.15, 0.2) is 0 Å². The number of hydrogen-bond acceptors (Lipinski definition) is 4. The monoisotopic (exact) mass is 427 g/mol. The molecule has 3 aromatic rings. The summed E-state index contributed by atoms with van der Waals surface area (Å²) in [5.74, 6) is -1.42. The molecule has 0 aliphatic carbocycles. The van der Waals surface area contributed by atoms with Crippen LogP contribution in [0.25, 0.3) is 5.76 Å². The molecule has 5 nitrogen and oxygen atoms in total. The summed E-state index contributed by atoms with van der Waals surface area (Å²) < 4.78 is 0. The molecule has 32 heavy (non-hydrogen) atoms. The van der Waals surface area contributed by atoms with Crippen molar-refractivity contribution in [3.63, 3.8) is 0 Å². The maximum atomic E-state index is 13.1. The normalized spacial score (nSPS) is 17.7. The van der Waals surface area contributed by atoms with E-state index in [-0.39, 0.29) is 17.1 Å². The number of aryl methyl sites for hydroxylation is 2. The number of aromatic hydroxyl groups is 1. The van der Waals surface area contributed by atoms with Crippen molar-refractivity contribution in [2.24, 2.45) is 0 Å². The van der Waals surface area contributed by atoms with Crippen LogP contribution in [0.15, 0.2) is 78.4 Å². The van der Waals surface area contributed by atoms with Gasteiger partial charge in [0, 0.05) is 12.1 Å². The molecular formula is C27H25NO4. The Morgan fingerprint density at radius 2 is 1.62 bits per heavy atom. The lowest BCUT2D eigenvalue weighted by molar-refractivity contribution is -0.139. The summed E-state index contributed by atoms with van der Waals surface area (Å²) in [6.07, 6.45) is 0.575. The predicted molar refractivity (Wildman–Crippen MR) is 123 cm³/mol. The molecule has 3 aromatic carbocycles. The van der Waals surface area contributed by atoms with Crippen LogP contribution in [-0.4, -0.2) is 33.3 Å². The van der Waals surface area contributed by atoms with Gasteiger partial charge in [-0.05, 0) is 55.2 Å². The van der Waals surface area contributed by atoms with Crippen molar-refractivity contribution in [2.75, 3.05) is 6.54 Å². The highest BCUT2D eigenvalue weighted by Gasteiger charge is 2.45. The summed E-state index contributed by atoms with van der Waals surface area (Å²) >= 11 is 0. The quantitative estimate of drug-likeness (QED) is 0.352. The van der Waals surface area contributed by atoms with Crippen LogP contribution in [0.1, 0.15) is 33.9 Å². The number of rotatable bonds is 5. The number of benzene rings is 3. The third kappa shape index (κ3) is 4.02. The molecule has 5 heteroatoms. The highest BCUT2D eigenvalue weighted by molar-refractivity contribution is 6.46. The van der Waals surface area contributed by atoms with Crippen molar-refractivity contribution in [1.29, 1.82) is 0 Å². The number of aliphatic hydroxyl groups excluding tert-OH is 1. The van der Waals surface area contributed by atoms with Crippen LogP contribution < -0.4 is 0 Å². The van der Waals surface area contributed by atoms with Crippen molar-refractivity contribution in [3.05, 3.63) is 106 Å². The number of nitrogens with zero attached hydrogens (tertiary/aromatic N) is 1. The number of likely N-dealkylation sites (tertiary alicyclic amines) is 1. The Balaban J connectivity index is 1.82. The van der Waals surface area contributed by atoms with Gasteiger partial charge < -0.3 is 15.1 Å². The van der Waals surface area contributed by atoms with E-state index in [9.17, 15) is 19.8 Å². The molecule has 2 N–H and O–H groups in total. The molecule has 1 amide bonds. The molecule has 1 unspecified atom stereocenters. The van der Waals surface area contributed by atoms with Crippen molar-refractivity contribution in [2.45, 2.75) is 26.3 Å². The zero-order chi connectivity index (χ0) is 22.8. The molecule has 1 aliphatic heterocycles. The number of amides is 1. The minimum absolute atomic E-state index is 0.0717. The van der Waals surface area contributed by atoms with Gasteiger partial charge in [0.2, 0.25) is 0 Å². The summed E-state index contributed by atoms with van der Waals surface area (Å²) in [7, 11) is 0. The smallest absolute Gasteiger partial charge is 0.295 e. The van der Waals surface area contributed by atoms with Gasteiger partial charge in [-0.2, -0.15) is 0 Å². The molecule has 162 valence electrons. The maximum Gasteiger partial charge on any atom is 0.295 e. The van der Waals surface area contributed by atoms with E-state index in [1.807, 2.05) is 62.4 Å². The Labute approximate surface area is 187 Å². The third-order valence-corrected chi connectivity index (χ3v) is 5.88. The van der Waals surface area contributed by atoms with Crippen molar-refractivity contribution >= 4 is 17.4 Å². The fourth-order valence-corrected chi connectivity index (χ4v) is 4.14. The average Bonchev–Trinajstić information content (AvgIpc) is 3.05. The van der Waals surface area contributed by atoms with Crippen LogP contribution in [0.5, 0.6) is 5.75 Å². The van der Waals surface area contributed by atoms with Crippen LogP contribution in [-0.2, 0) is 16.0 Å². The molecule has 4 rings (SSSR count). The predicted octanol–water partition coefficient (Wildman–Crippen LogP) is 4.67. The maximum absolute atomic E-state index is 13.1. The molecule has 0 bridgehead atoms. The number of aliphatic hydroxyl groups is 1. The fraction of sp³-hybridized carbons (Fsp3) is 0.185. The van der Waals surface area contributed by atoms with E-state index in [0.29, 0.717) is 24.1 Å². The van der Waals surface area contributed by atoms with Gasteiger partial charge in [-0.1, -0.05) is 60.2 Å². The SMILES string of the molecule is Cc1ccc(C)c(C(O)=C2C(=O)C(=O)N(CCc3ccccc3)C2c2ccc(O)cc2)c1. The molecule has 1 fully saturated rings. The lowest BCUT2D eigenvalue weighted by Gasteiger charge is -2.25. The molecule has 1 aliphatic rings. The van der Waals surface area contributed by atoms with E-state index in [2.05, 4.69) is 0 Å². The third-order valence-electron chi connectivity index (χ3n) is 5.88. The van der Waals surface area contributed by atoms with Gasteiger partial charge >= 0.3 is 0 Å². The number of hydrogen-bond donors (Lipinski definition) is 2. The highest BCUT2D eigenvalue weighted by atomic mass is 16.3. The molecular weight excluding hydrogens is 402 g/mol. The highest BCUT2D eigenvalue weighted by Crippen LogP contribution is 2.40. The second-order valence-electron chi connectivity index (χ2n) is 8.14. The van der Waals surface area contributed by atoms with Crippen molar-refractivity contribution in [3.8, 4) is 5.75 Å². The number of Topliss-reactive ketones (excluding diaryl/α,β-unsaturated/α-hetero) is 1. The van der Waals surface area contributed by atoms with Gasteiger partial charge in [0.25, 0.3) is 11.7 Å². The first-order valence-corrected chi connectivity index (χ1v) is 10.6. The standard InChI is InChI=1S/C27H25NO4/c1-17-8-9-18(2)22(16-17)25(30)23-24(20-10-12-21(29)13-11-20)28(27(32)26(23)31)15-14-19-6-4-3-5-7-19/h3-13,16,24,29-30H,14-15H2,1-2H3. The molecule has 0 spiro atoms. The van der Waals surface area contributed by atoms with Gasteiger partial charge in [-0.15, -0.1) is 0 Å². The number of carbonyl (C=O) groups is 2. The van der Waals surface area contributed by atoms with E-state index in [0.717, 1.165) is 16.7 Å². The zero-order valence-corrected chi connectivity index (χ0v) is 18.1. The Bertz CT molecular complexity index is 1200. The first kappa shape index (κ1) is 21.4. The Morgan fingerprint density at radius 1 is 0.938 bits per heavy atom. The van der Waals surface area contributed by atoms with Crippen LogP contribution in [0.4, 0.5) is 0 Å². The molecule has 0 radical (unpaired) electrons. The van der Waals surface area contributed by atoms with Crippen LogP contribution in [0.3, 0.4) is 0 Å². The fourth-order valence-electron chi connectivity index (χ4n) is 4.14. The van der Waals surface area contributed by atoms with Crippen molar-refractivity contribution < 1.29 is 19.8 Å². The zero-order valence-electron chi connectivity index (χ0n) is 18.1. The van der Waals surface area contributed by atoms with Crippen LogP contribution >= 0.6 is 0 Å². The van der Waals surface area contributed by atoms with E-state index in [1.165, 1.54) is 17.0 Å². The summed E-state index contributed by atoms with van der Waals surface area (Å²) in [5, 5.41) is 21.0. The summed E-state index contributed by atoms with van der Waals surface area (Å²) in [5.41, 5.74) is 4.07. The van der Waals surface area contributed by atoms with Gasteiger partial charge in [-0.3, -0.25) is 9.59 Å². The van der Waals surface area contributed by atoms with Crippen molar-refractivity contribution in [1.82, 2.24) is 4.90 Å². The number of carbonyl (C=O) groups excluding carboxylic acids is 2. The summed E-state index contributed by atoms with van der Waals surface area (Å²) in [4.78, 5) is 27.7. The van der Waals surface area contributed by atoms with E-state index >= 15 is 0 Å². The van der Waals surface area contributed by atoms with Gasteiger partial charge in [0.05, 0.1) is 11.6 Å². The number of phenols is 1. The topological polar surface area (TPSA) is 77.8 Å². The summed E-state index contributed by atoms with van der Waals surface area (Å²) in [6, 6.07) is 21.0. The Morgan fingerprint density at radius 3 is 2.31 bits per heavy atom. The molecule has 1 saturated heterocycles. The molecule has 1 atom stereocenters. The lowest BCUT2D eigenvalue weighted by Crippen LogP contribution is -2.31. The molecule has 0 saturated carbocycles. The first-order chi connectivity index (χ1) is 15.4. The number of phenolic OH excluding ortho intramolecular Hbond substituents is 1. The summed E-state index contributed by atoms with van der Waals surface area (Å²) in [6.45, 7) is 4.09. The van der Waals surface area contributed by atoms with E-state index < -0.39 is 17.7 Å². The average molecular weight is 428 g/mol. The van der Waals surface area contributed by atoms with Gasteiger partial charge in [-0.25, -0.2) is 0 Å². The molecule has 1 heterocycles. The Hall–Kier alpha value is -3.86. The Kier molecular flexibility index (Phi) is 5.82. The lowest BCUT2D eigenvalue weighted by atomic mass is 9.93. The minimum atomic E-state index is -0.737. The first-order valence-electron chi connectivity index (χ1n) is 10.6.